The van der Waals surface area contributed by atoms with E-state index in [-0.39, 0.29) is 31.7 Å². The number of aromatic nitrogens is 2. The lowest BCUT2D eigenvalue weighted by Crippen LogP contribution is -2.38. The Balaban J connectivity index is 1.40. The van der Waals surface area contributed by atoms with Crippen LogP contribution in [0, 0.1) is 0 Å². The first-order valence-corrected chi connectivity index (χ1v) is 12.8. The highest BCUT2D eigenvalue weighted by atomic mass is 16.7. The molecule has 5 rings (SSSR count). The number of hydrogen-bond acceptors (Lipinski definition) is 5. The molecule has 1 aromatic heterocycles. The molecule has 0 unspecified atom stereocenters. The largest absolute Gasteiger partial charge is 0.454 e. The second-order valence-corrected chi connectivity index (χ2v) is 9.52. The zero-order valence-corrected chi connectivity index (χ0v) is 22.0. The second kappa shape index (κ2) is 11.3. The molecule has 1 aliphatic heterocycles. The van der Waals surface area contributed by atoms with Crippen molar-refractivity contribution in [1.29, 1.82) is 0 Å². The molecule has 4 aromatic rings. The standard InChI is InChI=1S/C31H30N4O4/c1-4-16-34(30(37)24-12-15-27-28(17-24)39-20-38-27)19-29(36)33-31-32-26(23-8-6-5-7-9-23)18-35(31)25-13-10-22(11-14-25)21(2)3/h4-15,17-18,21H,1,16,19-20H2,2-3H3,(H,32,33,36). The van der Waals surface area contributed by atoms with Gasteiger partial charge in [-0.2, -0.15) is 0 Å². The quantitative estimate of drug-likeness (QED) is 0.287. The molecule has 2 heterocycles. The van der Waals surface area contributed by atoms with Gasteiger partial charge in [0.05, 0.1) is 5.69 Å². The van der Waals surface area contributed by atoms with Crippen LogP contribution in [0.15, 0.2) is 91.6 Å². The fourth-order valence-electron chi connectivity index (χ4n) is 4.36. The summed E-state index contributed by atoms with van der Waals surface area (Å²) in [5, 5.41) is 2.91. The molecule has 8 nitrogen and oxygen atoms in total. The lowest BCUT2D eigenvalue weighted by molar-refractivity contribution is -0.116. The zero-order chi connectivity index (χ0) is 27.4. The molecule has 39 heavy (non-hydrogen) atoms. The van der Waals surface area contributed by atoms with Gasteiger partial charge in [-0.1, -0.05) is 62.4 Å². The summed E-state index contributed by atoms with van der Waals surface area (Å²) < 4.78 is 12.6. The predicted molar refractivity (Wildman–Crippen MR) is 150 cm³/mol. The number of anilines is 1. The van der Waals surface area contributed by atoms with E-state index in [1.54, 1.807) is 24.3 Å². The number of benzene rings is 3. The Morgan fingerprint density at radius 3 is 2.51 bits per heavy atom. The zero-order valence-electron chi connectivity index (χ0n) is 22.0. The van der Waals surface area contributed by atoms with Crippen LogP contribution in [0.3, 0.4) is 0 Å². The van der Waals surface area contributed by atoms with Gasteiger partial charge in [-0.05, 0) is 41.8 Å². The number of carbonyl (C=O) groups is 2. The van der Waals surface area contributed by atoms with E-state index in [1.807, 2.05) is 53.2 Å². The highest BCUT2D eigenvalue weighted by Gasteiger charge is 2.23. The Morgan fingerprint density at radius 1 is 1.05 bits per heavy atom. The van der Waals surface area contributed by atoms with Crippen LogP contribution in [0.1, 0.15) is 35.7 Å². The molecule has 0 saturated carbocycles. The molecule has 0 aliphatic carbocycles. The van der Waals surface area contributed by atoms with Gasteiger partial charge in [-0.25, -0.2) is 4.98 Å². The van der Waals surface area contributed by atoms with Crippen LogP contribution in [-0.2, 0) is 4.79 Å². The van der Waals surface area contributed by atoms with Crippen molar-refractivity contribution in [2.24, 2.45) is 0 Å². The summed E-state index contributed by atoms with van der Waals surface area (Å²) in [5.74, 6) is 1.16. The van der Waals surface area contributed by atoms with E-state index in [9.17, 15) is 9.59 Å². The van der Waals surface area contributed by atoms with Gasteiger partial charge in [0.2, 0.25) is 18.6 Å². The van der Waals surface area contributed by atoms with Gasteiger partial charge >= 0.3 is 0 Å². The Morgan fingerprint density at radius 2 is 1.79 bits per heavy atom. The molecule has 0 spiro atoms. The number of fused-ring (bicyclic) bond motifs is 1. The molecule has 0 radical (unpaired) electrons. The van der Waals surface area contributed by atoms with E-state index in [0.717, 1.165) is 16.9 Å². The molecule has 0 saturated heterocycles. The number of imidazole rings is 1. The van der Waals surface area contributed by atoms with Crippen molar-refractivity contribution in [2.75, 3.05) is 25.2 Å². The van der Waals surface area contributed by atoms with Crippen LogP contribution in [0.4, 0.5) is 5.95 Å². The molecular formula is C31H30N4O4. The first-order valence-electron chi connectivity index (χ1n) is 12.8. The minimum absolute atomic E-state index is 0.115. The van der Waals surface area contributed by atoms with Gasteiger partial charge in [0.15, 0.2) is 11.5 Å². The highest BCUT2D eigenvalue weighted by molar-refractivity contribution is 5.99. The number of rotatable bonds is 9. The number of amides is 2. The van der Waals surface area contributed by atoms with Gasteiger partial charge < -0.3 is 14.4 Å². The van der Waals surface area contributed by atoms with Crippen LogP contribution in [0.25, 0.3) is 16.9 Å². The lowest BCUT2D eigenvalue weighted by atomic mass is 10.0. The van der Waals surface area contributed by atoms with Crippen molar-refractivity contribution in [2.45, 2.75) is 19.8 Å². The summed E-state index contributed by atoms with van der Waals surface area (Å²) in [7, 11) is 0. The third kappa shape index (κ3) is 5.70. The van der Waals surface area contributed by atoms with Gasteiger partial charge in [0.1, 0.15) is 6.54 Å². The highest BCUT2D eigenvalue weighted by Crippen LogP contribution is 2.33. The predicted octanol–water partition coefficient (Wildman–Crippen LogP) is 5.66. The van der Waals surface area contributed by atoms with Crippen molar-refractivity contribution in [3.8, 4) is 28.4 Å². The summed E-state index contributed by atoms with van der Waals surface area (Å²) in [5.41, 5.74) is 4.13. The maximum atomic E-state index is 13.3. The van der Waals surface area contributed by atoms with E-state index in [0.29, 0.717) is 28.9 Å². The summed E-state index contributed by atoms with van der Waals surface area (Å²) >= 11 is 0. The Hall–Kier alpha value is -4.85. The first kappa shape index (κ1) is 25.8. The SMILES string of the molecule is C=CCN(CC(=O)Nc1nc(-c2ccccc2)cn1-c1ccc(C(C)C)cc1)C(=O)c1ccc2c(c1)OCO2. The maximum Gasteiger partial charge on any atom is 0.254 e. The summed E-state index contributed by atoms with van der Waals surface area (Å²) in [6, 6.07) is 22.9. The van der Waals surface area contributed by atoms with E-state index in [1.165, 1.54) is 10.5 Å². The number of carbonyl (C=O) groups excluding carboxylic acids is 2. The first-order chi connectivity index (χ1) is 18.9. The molecule has 3 aromatic carbocycles. The van der Waals surface area contributed by atoms with Crippen molar-refractivity contribution in [3.05, 3.63) is 103 Å². The molecule has 2 amide bonds. The van der Waals surface area contributed by atoms with Crippen molar-refractivity contribution in [1.82, 2.24) is 14.5 Å². The van der Waals surface area contributed by atoms with Crippen LogP contribution in [0.5, 0.6) is 11.5 Å². The Kier molecular flexibility index (Phi) is 7.45. The van der Waals surface area contributed by atoms with Crippen molar-refractivity contribution in [3.63, 3.8) is 0 Å². The second-order valence-electron chi connectivity index (χ2n) is 9.52. The molecule has 0 fully saturated rings. The number of nitrogens with zero attached hydrogens (tertiary/aromatic N) is 3. The fraction of sp³-hybridized carbons (Fsp3) is 0.194. The molecule has 0 atom stereocenters. The average molecular weight is 523 g/mol. The lowest BCUT2D eigenvalue weighted by Gasteiger charge is -2.21. The van der Waals surface area contributed by atoms with E-state index in [4.69, 9.17) is 14.5 Å². The molecule has 198 valence electrons. The van der Waals surface area contributed by atoms with Crippen LogP contribution < -0.4 is 14.8 Å². The van der Waals surface area contributed by atoms with E-state index < -0.39 is 0 Å². The van der Waals surface area contributed by atoms with Crippen LogP contribution in [-0.4, -0.2) is 46.1 Å². The van der Waals surface area contributed by atoms with Crippen LogP contribution in [0.2, 0.25) is 0 Å². The van der Waals surface area contributed by atoms with Crippen molar-refractivity contribution >= 4 is 17.8 Å². The molecular weight excluding hydrogens is 492 g/mol. The summed E-state index contributed by atoms with van der Waals surface area (Å²) in [4.78, 5) is 32.7. The topological polar surface area (TPSA) is 85.7 Å². The Labute approximate surface area is 227 Å². The van der Waals surface area contributed by atoms with Crippen molar-refractivity contribution < 1.29 is 19.1 Å². The van der Waals surface area contributed by atoms with Gasteiger partial charge in [-0.15, -0.1) is 6.58 Å². The van der Waals surface area contributed by atoms with Gasteiger partial charge in [-0.3, -0.25) is 19.5 Å². The number of nitrogens with one attached hydrogen (secondary N) is 1. The van der Waals surface area contributed by atoms with Crippen LogP contribution >= 0.6 is 0 Å². The molecule has 1 aliphatic rings. The minimum atomic E-state index is -0.379. The molecule has 0 bridgehead atoms. The third-order valence-electron chi connectivity index (χ3n) is 6.46. The smallest absolute Gasteiger partial charge is 0.254 e. The monoisotopic (exact) mass is 522 g/mol. The van der Waals surface area contributed by atoms with E-state index in [2.05, 4.69) is 37.9 Å². The maximum absolute atomic E-state index is 13.3. The Bertz CT molecular complexity index is 1490. The van der Waals surface area contributed by atoms with Gasteiger partial charge in [0.25, 0.3) is 5.91 Å². The molecule has 1 N–H and O–H groups in total. The summed E-state index contributed by atoms with van der Waals surface area (Å²) in [6.07, 6.45) is 3.48. The average Bonchev–Trinajstić information content (AvgIpc) is 3.60. The van der Waals surface area contributed by atoms with E-state index >= 15 is 0 Å². The number of hydrogen-bond donors (Lipinski definition) is 1. The summed E-state index contributed by atoms with van der Waals surface area (Å²) in [6.45, 7) is 8.17. The fourth-order valence-corrected chi connectivity index (χ4v) is 4.36. The third-order valence-corrected chi connectivity index (χ3v) is 6.46. The normalized spacial score (nSPS) is 11.9. The van der Waals surface area contributed by atoms with Gasteiger partial charge in [0, 0.05) is 29.6 Å². The minimum Gasteiger partial charge on any atom is -0.454 e. The molecule has 8 heteroatoms. The number of ether oxygens (including phenoxy) is 2.